The average molecular weight is 466 g/mol. The van der Waals surface area contributed by atoms with Crippen molar-refractivity contribution in [2.24, 2.45) is 0 Å². The lowest BCUT2D eigenvalue weighted by Gasteiger charge is -2.19. The summed E-state index contributed by atoms with van der Waals surface area (Å²) in [5.41, 5.74) is 9.62. The van der Waals surface area contributed by atoms with E-state index in [1.54, 1.807) is 41.5 Å². The molecule has 3 aromatic rings. The van der Waals surface area contributed by atoms with Gasteiger partial charge in [0, 0.05) is 5.02 Å². The lowest BCUT2D eigenvalue weighted by molar-refractivity contribution is 0.0734. The van der Waals surface area contributed by atoms with Crippen LogP contribution in [0.3, 0.4) is 0 Å². The van der Waals surface area contributed by atoms with Crippen LogP contribution in [0.2, 0.25) is 5.02 Å². The number of ether oxygens (including phenoxy) is 2. The van der Waals surface area contributed by atoms with E-state index in [0.717, 1.165) is 29.2 Å². The number of anilines is 3. The minimum atomic E-state index is -0.409. The van der Waals surface area contributed by atoms with Crippen LogP contribution in [0, 0.1) is 0 Å². The first-order valence-corrected chi connectivity index (χ1v) is 11.7. The smallest absolute Gasteiger partial charge is 0.343 e. The fourth-order valence-electron chi connectivity index (χ4n) is 3.52. The first kappa shape index (κ1) is 22.8. The van der Waals surface area contributed by atoms with Crippen molar-refractivity contribution in [1.82, 2.24) is 0 Å². The Morgan fingerprint density at radius 1 is 0.848 bits per heavy atom. The SMILES string of the molecule is CCCCCCCOc1ccc(C(=O)Oc2ccc(N3Nc4ccc(Cl)cc4N3)cc2)cc1. The second-order valence-electron chi connectivity index (χ2n) is 7.92. The number of carbonyl (C=O) groups excluding carboxylic acids is 1. The summed E-state index contributed by atoms with van der Waals surface area (Å²) in [5.74, 6) is 0.823. The van der Waals surface area contributed by atoms with Crippen LogP contribution in [0.4, 0.5) is 17.1 Å². The Morgan fingerprint density at radius 3 is 2.30 bits per heavy atom. The minimum absolute atomic E-state index is 0.409. The molecule has 6 nitrogen and oxygen atoms in total. The van der Waals surface area contributed by atoms with Crippen molar-refractivity contribution < 1.29 is 14.3 Å². The Morgan fingerprint density at radius 2 is 1.55 bits per heavy atom. The zero-order valence-electron chi connectivity index (χ0n) is 18.6. The molecule has 0 aliphatic carbocycles. The summed E-state index contributed by atoms with van der Waals surface area (Å²) in [6, 6.07) is 19.9. The monoisotopic (exact) mass is 465 g/mol. The van der Waals surface area contributed by atoms with E-state index in [2.05, 4.69) is 17.8 Å². The van der Waals surface area contributed by atoms with Crippen LogP contribution in [0.25, 0.3) is 0 Å². The fraction of sp³-hybridized carbons (Fsp3) is 0.269. The number of unbranched alkanes of at least 4 members (excludes halogenated alkanes) is 4. The van der Waals surface area contributed by atoms with Crippen molar-refractivity contribution >= 4 is 34.6 Å². The Kier molecular flexibility index (Phi) is 7.58. The summed E-state index contributed by atoms with van der Waals surface area (Å²) in [5, 5.41) is 2.43. The van der Waals surface area contributed by atoms with Gasteiger partial charge in [0.2, 0.25) is 0 Å². The lowest BCUT2D eigenvalue weighted by atomic mass is 10.2. The summed E-state index contributed by atoms with van der Waals surface area (Å²) >= 11 is 6.05. The van der Waals surface area contributed by atoms with Crippen molar-refractivity contribution in [1.29, 1.82) is 0 Å². The van der Waals surface area contributed by atoms with Gasteiger partial charge in [-0.25, -0.2) is 4.79 Å². The van der Waals surface area contributed by atoms with Gasteiger partial charge >= 0.3 is 5.97 Å². The number of nitrogens with one attached hydrogen (secondary N) is 2. The molecule has 4 rings (SSSR count). The predicted molar refractivity (Wildman–Crippen MR) is 133 cm³/mol. The van der Waals surface area contributed by atoms with Crippen LogP contribution in [-0.2, 0) is 0 Å². The maximum Gasteiger partial charge on any atom is 0.343 e. The van der Waals surface area contributed by atoms with Gasteiger partial charge in [-0.1, -0.05) is 44.2 Å². The summed E-state index contributed by atoms with van der Waals surface area (Å²) in [7, 11) is 0. The number of esters is 1. The number of nitrogens with zero attached hydrogens (tertiary/aromatic N) is 1. The van der Waals surface area contributed by atoms with Crippen molar-refractivity contribution in [3.05, 3.63) is 77.3 Å². The number of carbonyl (C=O) groups is 1. The van der Waals surface area contributed by atoms with E-state index in [9.17, 15) is 4.79 Å². The fourth-order valence-corrected chi connectivity index (χ4v) is 3.69. The van der Waals surface area contributed by atoms with Crippen LogP contribution in [-0.4, -0.2) is 12.6 Å². The molecule has 1 aliphatic rings. The Bertz CT molecular complexity index is 1070. The van der Waals surface area contributed by atoms with Crippen molar-refractivity contribution in [3.8, 4) is 11.5 Å². The molecule has 0 saturated carbocycles. The first-order chi connectivity index (χ1) is 16.1. The lowest BCUT2D eigenvalue weighted by Crippen LogP contribution is -2.29. The standard InChI is InChI=1S/C26H28ClN3O3/c1-2-3-4-5-6-17-32-22-12-7-19(8-13-22)26(31)33-23-14-10-21(11-15-23)30-28-24-16-9-20(27)18-25(24)29-30/h7-16,18,28-29H,2-6,17H2,1H3. The number of hydrogen-bond donors (Lipinski definition) is 2. The molecular formula is C26H28ClN3O3. The van der Waals surface area contributed by atoms with Gasteiger partial charge in [0.15, 0.2) is 0 Å². The molecule has 2 N–H and O–H groups in total. The van der Waals surface area contributed by atoms with Crippen molar-refractivity contribution in [3.63, 3.8) is 0 Å². The molecule has 0 atom stereocenters. The molecule has 1 aliphatic heterocycles. The highest BCUT2D eigenvalue weighted by Gasteiger charge is 2.18. The average Bonchev–Trinajstić information content (AvgIpc) is 3.25. The molecule has 0 spiro atoms. The Labute approximate surface area is 199 Å². The van der Waals surface area contributed by atoms with Crippen molar-refractivity contribution in [2.45, 2.75) is 39.0 Å². The van der Waals surface area contributed by atoms with Gasteiger partial charge in [-0.3, -0.25) is 10.9 Å². The molecule has 172 valence electrons. The minimum Gasteiger partial charge on any atom is -0.494 e. The molecule has 0 aromatic heterocycles. The topological polar surface area (TPSA) is 62.8 Å². The molecule has 1 heterocycles. The van der Waals surface area contributed by atoms with Gasteiger partial charge in [0.05, 0.1) is 29.2 Å². The maximum absolute atomic E-state index is 12.5. The number of halogens is 1. The third kappa shape index (κ3) is 6.11. The molecule has 0 bridgehead atoms. The maximum atomic E-state index is 12.5. The molecule has 7 heteroatoms. The summed E-state index contributed by atoms with van der Waals surface area (Å²) in [6.45, 7) is 2.90. The molecule has 0 fully saturated rings. The third-order valence-corrected chi connectivity index (χ3v) is 5.59. The number of fused-ring (bicyclic) bond motifs is 1. The highest BCUT2D eigenvalue weighted by atomic mass is 35.5. The predicted octanol–water partition coefficient (Wildman–Crippen LogP) is 7.08. The summed E-state index contributed by atoms with van der Waals surface area (Å²) in [6.07, 6.45) is 5.98. The second-order valence-corrected chi connectivity index (χ2v) is 8.36. The van der Waals surface area contributed by atoms with E-state index < -0.39 is 5.97 Å². The van der Waals surface area contributed by atoms with E-state index in [-0.39, 0.29) is 0 Å². The van der Waals surface area contributed by atoms with Gasteiger partial charge in [0.1, 0.15) is 11.5 Å². The molecular weight excluding hydrogens is 438 g/mol. The Hall–Kier alpha value is -3.38. The largest absolute Gasteiger partial charge is 0.494 e. The van der Waals surface area contributed by atoms with Crippen LogP contribution in [0.5, 0.6) is 11.5 Å². The number of benzene rings is 3. The van der Waals surface area contributed by atoms with E-state index in [0.29, 0.717) is 22.9 Å². The molecule has 0 unspecified atom stereocenters. The molecule has 33 heavy (non-hydrogen) atoms. The highest BCUT2D eigenvalue weighted by molar-refractivity contribution is 6.31. The van der Waals surface area contributed by atoms with Crippen LogP contribution in [0.1, 0.15) is 49.4 Å². The van der Waals surface area contributed by atoms with Crippen molar-refractivity contribution in [2.75, 3.05) is 22.6 Å². The van der Waals surface area contributed by atoms with E-state index in [1.807, 2.05) is 30.3 Å². The zero-order chi connectivity index (χ0) is 23.0. The van der Waals surface area contributed by atoms with E-state index in [4.69, 9.17) is 21.1 Å². The third-order valence-electron chi connectivity index (χ3n) is 5.36. The first-order valence-electron chi connectivity index (χ1n) is 11.3. The molecule has 3 aromatic carbocycles. The summed E-state index contributed by atoms with van der Waals surface area (Å²) in [4.78, 5) is 12.5. The highest BCUT2D eigenvalue weighted by Crippen LogP contribution is 2.33. The quantitative estimate of drug-likeness (QED) is 0.189. The van der Waals surface area contributed by atoms with Gasteiger partial charge in [0.25, 0.3) is 0 Å². The van der Waals surface area contributed by atoms with Crippen LogP contribution >= 0.6 is 11.6 Å². The van der Waals surface area contributed by atoms with Gasteiger partial charge in [-0.15, -0.1) is 0 Å². The number of hydrazine groups is 2. The second kappa shape index (κ2) is 11.0. The van der Waals surface area contributed by atoms with E-state index in [1.165, 1.54) is 25.7 Å². The number of hydrogen-bond acceptors (Lipinski definition) is 6. The molecule has 0 saturated heterocycles. The molecule has 0 radical (unpaired) electrons. The van der Waals surface area contributed by atoms with E-state index >= 15 is 0 Å². The van der Waals surface area contributed by atoms with Gasteiger partial charge < -0.3 is 9.47 Å². The zero-order valence-corrected chi connectivity index (χ0v) is 19.4. The number of rotatable bonds is 10. The van der Waals surface area contributed by atoms with Gasteiger partial charge in [-0.2, -0.15) is 5.12 Å². The normalized spacial score (nSPS) is 12.0. The van der Waals surface area contributed by atoms with Crippen LogP contribution in [0.15, 0.2) is 66.7 Å². The Balaban J connectivity index is 1.26. The summed E-state index contributed by atoms with van der Waals surface area (Å²) < 4.78 is 11.3. The van der Waals surface area contributed by atoms with Gasteiger partial charge in [-0.05, 0) is 73.2 Å². The van der Waals surface area contributed by atoms with Crippen LogP contribution < -0.4 is 25.4 Å². The molecule has 0 amide bonds.